The first-order valence-corrected chi connectivity index (χ1v) is 5.45. The summed E-state index contributed by atoms with van der Waals surface area (Å²) in [7, 11) is 0. The van der Waals surface area contributed by atoms with Gasteiger partial charge >= 0.3 is 5.69 Å². The topological polar surface area (TPSA) is 84.6 Å². The van der Waals surface area contributed by atoms with Gasteiger partial charge in [0.15, 0.2) is 0 Å². The number of nitro benzene ring substituents is 1. The summed E-state index contributed by atoms with van der Waals surface area (Å²) in [6.45, 7) is 0.840. The molecule has 1 fully saturated rings. The highest BCUT2D eigenvalue weighted by Crippen LogP contribution is 2.35. The second-order valence-electron chi connectivity index (χ2n) is 3.73. The minimum absolute atomic E-state index is 0.00640. The van der Waals surface area contributed by atoms with Crippen LogP contribution in [-0.4, -0.2) is 35.3 Å². The van der Waals surface area contributed by atoms with Crippen molar-refractivity contribution in [2.75, 3.05) is 13.1 Å². The van der Waals surface area contributed by atoms with Gasteiger partial charge in [-0.3, -0.25) is 10.1 Å². The summed E-state index contributed by atoms with van der Waals surface area (Å²) in [5.41, 5.74) is -0.198. The number of halogens is 1. The van der Waals surface area contributed by atoms with Gasteiger partial charge in [0, 0.05) is 19.2 Å². The monoisotopic (exact) mass is 258 g/mol. The van der Waals surface area contributed by atoms with Gasteiger partial charge in [-0.1, -0.05) is 17.7 Å². The van der Waals surface area contributed by atoms with Crippen LogP contribution in [0.15, 0.2) is 18.2 Å². The molecule has 0 bridgehead atoms. The van der Waals surface area contributed by atoms with Gasteiger partial charge < -0.3 is 15.2 Å². The molecule has 1 saturated heterocycles. The Morgan fingerprint density at radius 1 is 1.53 bits per heavy atom. The third-order valence-corrected chi connectivity index (χ3v) is 2.84. The van der Waals surface area contributed by atoms with E-state index >= 15 is 0 Å². The van der Waals surface area contributed by atoms with Crippen LogP contribution in [0.4, 0.5) is 5.69 Å². The van der Waals surface area contributed by atoms with Crippen molar-refractivity contribution in [3.05, 3.63) is 33.3 Å². The number of aliphatic hydroxyl groups excluding tert-OH is 1. The van der Waals surface area contributed by atoms with Gasteiger partial charge in [-0.15, -0.1) is 0 Å². The summed E-state index contributed by atoms with van der Waals surface area (Å²) in [6, 6.07) is 4.31. The number of hydrogen-bond donors (Lipinski definition) is 2. The maximum atomic E-state index is 10.8. The smallest absolute Gasteiger partial charge is 0.312 e. The lowest BCUT2D eigenvalue weighted by Crippen LogP contribution is -2.30. The van der Waals surface area contributed by atoms with Gasteiger partial charge in [-0.2, -0.15) is 0 Å². The predicted octanol–water partition coefficient (Wildman–Crippen LogP) is 0.960. The molecule has 0 radical (unpaired) electrons. The average Bonchev–Trinajstić information content (AvgIpc) is 2.67. The molecule has 1 aliphatic rings. The van der Waals surface area contributed by atoms with E-state index < -0.39 is 17.1 Å². The Morgan fingerprint density at radius 3 is 2.88 bits per heavy atom. The number of nitrogens with zero attached hydrogens (tertiary/aromatic N) is 1. The molecule has 6 nitrogen and oxygen atoms in total. The number of hydrogen-bond acceptors (Lipinski definition) is 5. The summed E-state index contributed by atoms with van der Waals surface area (Å²) in [5, 5.41) is 23.5. The van der Waals surface area contributed by atoms with Crippen LogP contribution < -0.4 is 10.1 Å². The number of ether oxygens (including phenoxy) is 1. The fourth-order valence-corrected chi connectivity index (χ4v) is 1.88. The molecule has 7 heteroatoms. The van der Waals surface area contributed by atoms with Gasteiger partial charge in [0.25, 0.3) is 0 Å². The van der Waals surface area contributed by atoms with E-state index in [2.05, 4.69) is 5.32 Å². The molecule has 0 spiro atoms. The lowest BCUT2D eigenvalue weighted by molar-refractivity contribution is -0.386. The number of aliphatic hydroxyl groups is 1. The molecule has 1 aromatic rings. The molecule has 2 atom stereocenters. The van der Waals surface area contributed by atoms with E-state index in [-0.39, 0.29) is 16.5 Å². The summed E-state index contributed by atoms with van der Waals surface area (Å²) < 4.78 is 5.42. The SMILES string of the molecule is O=[N+]([O-])c1cccc(Cl)c1OC1CNCC1O. The van der Waals surface area contributed by atoms with Gasteiger partial charge in [0.2, 0.25) is 5.75 Å². The number of para-hydroxylation sites is 1. The highest BCUT2D eigenvalue weighted by Gasteiger charge is 2.30. The van der Waals surface area contributed by atoms with E-state index in [4.69, 9.17) is 16.3 Å². The van der Waals surface area contributed by atoms with Crippen molar-refractivity contribution in [3.63, 3.8) is 0 Å². The van der Waals surface area contributed by atoms with Crippen molar-refractivity contribution >= 4 is 17.3 Å². The van der Waals surface area contributed by atoms with E-state index in [1.807, 2.05) is 0 Å². The third kappa shape index (κ3) is 2.49. The molecule has 1 aromatic carbocycles. The van der Waals surface area contributed by atoms with Crippen LogP contribution in [0.1, 0.15) is 0 Å². The van der Waals surface area contributed by atoms with Crippen molar-refractivity contribution in [1.82, 2.24) is 5.32 Å². The zero-order chi connectivity index (χ0) is 12.4. The minimum atomic E-state index is -0.689. The fourth-order valence-electron chi connectivity index (χ4n) is 1.67. The van der Waals surface area contributed by atoms with Crippen molar-refractivity contribution in [3.8, 4) is 5.75 Å². The molecule has 2 unspecified atom stereocenters. The van der Waals surface area contributed by atoms with Crippen LogP contribution in [-0.2, 0) is 0 Å². The number of nitrogens with one attached hydrogen (secondary N) is 1. The molecule has 0 aliphatic carbocycles. The molecule has 1 aliphatic heterocycles. The third-order valence-electron chi connectivity index (χ3n) is 2.54. The van der Waals surface area contributed by atoms with Crippen LogP contribution in [0, 0.1) is 10.1 Å². The minimum Gasteiger partial charge on any atom is -0.478 e. The second-order valence-corrected chi connectivity index (χ2v) is 4.13. The number of rotatable bonds is 3. The summed E-state index contributed by atoms with van der Waals surface area (Å²) >= 11 is 5.87. The number of benzene rings is 1. The van der Waals surface area contributed by atoms with Crippen LogP contribution in [0.3, 0.4) is 0 Å². The number of nitro groups is 1. The predicted molar refractivity (Wildman–Crippen MR) is 61.4 cm³/mol. The molecule has 2 rings (SSSR count). The summed E-state index contributed by atoms with van der Waals surface area (Å²) in [4.78, 5) is 10.3. The molecular formula is C10H11ClN2O4. The first kappa shape index (κ1) is 12.1. The molecular weight excluding hydrogens is 248 g/mol. The zero-order valence-corrected chi connectivity index (χ0v) is 9.55. The van der Waals surface area contributed by atoms with E-state index in [0.717, 1.165) is 0 Å². The van der Waals surface area contributed by atoms with Gasteiger partial charge in [-0.25, -0.2) is 0 Å². The van der Waals surface area contributed by atoms with Gasteiger partial charge in [0.05, 0.1) is 9.95 Å². The van der Waals surface area contributed by atoms with Gasteiger partial charge in [0.1, 0.15) is 12.2 Å². The Balaban J connectivity index is 2.27. The summed E-state index contributed by atoms with van der Waals surface area (Å²) in [5.74, 6) is 0.00640. The maximum absolute atomic E-state index is 10.8. The molecule has 2 N–H and O–H groups in total. The summed E-state index contributed by atoms with van der Waals surface area (Å²) in [6.07, 6.45) is -1.21. The Kier molecular flexibility index (Phi) is 3.46. The molecule has 0 saturated carbocycles. The molecule has 0 aromatic heterocycles. The molecule has 17 heavy (non-hydrogen) atoms. The van der Waals surface area contributed by atoms with Crippen molar-refractivity contribution in [2.24, 2.45) is 0 Å². The maximum Gasteiger partial charge on any atom is 0.312 e. The van der Waals surface area contributed by atoms with Crippen molar-refractivity contribution in [2.45, 2.75) is 12.2 Å². The van der Waals surface area contributed by atoms with Gasteiger partial charge in [-0.05, 0) is 6.07 Å². The molecule has 92 valence electrons. The van der Waals surface area contributed by atoms with E-state index in [9.17, 15) is 15.2 Å². The van der Waals surface area contributed by atoms with E-state index in [0.29, 0.717) is 13.1 Å². The van der Waals surface area contributed by atoms with E-state index in [1.54, 1.807) is 0 Å². The Bertz CT molecular complexity index is 440. The standard InChI is InChI=1S/C10H11ClN2O4/c11-6-2-1-3-7(13(15)16)10(6)17-9-5-12-4-8(9)14/h1-3,8-9,12,14H,4-5H2. The first-order chi connectivity index (χ1) is 8.09. The second kappa shape index (κ2) is 4.87. The molecule has 1 heterocycles. The first-order valence-electron chi connectivity index (χ1n) is 5.08. The van der Waals surface area contributed by atoms with Crippen LogP contribution in [0.25, 0.3) is 0 Å². The Morgan fingerprint density at radius 2 is 2.29 bits per heavy atom. The highest BCUT2D eigenvalue weighted by atomic mass is 35.5. The van der Waals surface area contributed by atoms with E-state index in [1.165, 1.54) is 18.2 Å². The quantitative estimate of drug-likeness (QED) is 0.623. The molecule has 0 amide bonds. The number of β-amino-alcohol motifs (C(OH)–C–C–N with tert-alkyl or cyclic N) is 1. The fraction of sp³-hybridized carbons (Fsp3) is 0.400. The average molecular weight is 259 g/mol. The van der Waals surface area contributed by atoms with Crippen molar-refractivity contribution in [1.29, 1.82) is 0 Å². The van der Waals surface area contributed by atoms with Crippen LogP contribution in [0.5, 0.6) is 5.75 Å². The van der Waals surface area contributed by atoms with Crippen molar-refractivity contribution < 1.29 is 14.8 Å². The normalized spacial score (nSPS) is 23.6. The highest BCUT2D eigenvalue weighted by molar-refractivity contribution is 6.32. The zero-order valence-electron chi connectivity index (χ0n) is 8.80. The lowest BCUT2D eigenvalue weighted by Gasteiger charge is -2.16. The lowest BCUT2D eigenvalue weighted by atomic mass is 10.2. The Hall–Kier alpha value is -1.37. The largest absolute Gasteiger partial charge is 0.478 e. The van der Waals surface area contributed by atoms with Crippen LogP contribution in [0.2, 0.25) is 5.02 Å². The van der Waals surface area contributed by atoms with Crippen LogP contribution >= 0.6 is 11.6 Å². The Labute approximate surface area is 102 Å².